The Hall–Kier alpha value is -1.99. The van der Waals surface area contributed by atoms with E-state index in [1.807, 2.05) is 23.1 Å². The third-order valence-corrected chi connectivity index (χ3v) is 4.63. The lowest BCUT2D eigenvalue weighted by Crippen LogP contribution is -2.51. The van der Waals surface area contributed by atoms with Crippen molar-refractivity contribution in [3.8, 4) is 11.5 Å². The van der Waals surface area contributed by atoms with E-state index in [0.29, 0.717) is 18.0 Å². The molecule has 1 aliphatic rings. The van der Waals surface area contributed by atoms with Gasteiger partial charge < -0.3 is 24.6 Å². The first-order valence-corrected chi connectivity index (χ1v) is 9.14. The van der Waals surface area contributed by atoms with Crippen LogP contribution in [0.25, 0.3) is 0 Å². The van der Waals surface area contributed by atoms with E-state index in [9.17, 15) is 4.79 Å². The molecule has 0 unspecified atom stereocenters. The molecule has 0 radical (unpaired) electrons. The Morgan fingerprint density at radius 1 is 1.12 bits per heavy atom. The molecule has 7 heteroatoms. The molecule has 1 N–H and O–H groups in total. The number of urea groups is 1. The molecule has 2 rings (SSSR count). The van der Waals surface area contributed by atoms with E-state index >= 15 is 0 Å². The normalized spacial score (nSPS) is 15.2. The maximum absolute atomic E-state index is 12.4. The number of nitrogens with one attached hydrogen (secondary N) is 1. The third-order valence-electron chi connectivity index (χ3n) is 4.63. The molecule has 146 valence electrons. The number of benzene rings is 1. The first kappa shape index (κ1) is 20.3. The number of nitrogens with zero attached hydrogens (tertiary/aromatic N) is 3. The summed E-state index contributed by atoms with van der Waals surface area (Å²) < 4.78 is 10.5. The molecule has 0 spiro atoms. The Labute approximate surface area is 156 Å². The van der Waals surface area contributed by atoms with Gasteiger partial charge in [0.05, 0.1) is 14.2 Å². The largest absolute Gasteiger partial charge is 0.493 e. The Morgan fingerprint density at radius 2 is 1.81 bits per heavy atom. The summed E-state index contributed by atoms with van der Waals surface area (Å²) in [5.74, 6) is 1.36. The molecule has 0 aromatic heterocycles. The second kappa shape index (κ2) is 10.2. The lowest BCUT2D eigenvalue weighted by Gasteiger charge is -2.34. The van der Waals surface area contributed by atoms with Gasteiger partial charge in [-0.05, 0) is 51.3 Å². The second-order valence-electron chi connectivity index (χ2n) is 6.83. The minimum absolute atomic E-state index is 0.00673. The summed E-state index contributed by atoms with van der Waals surface area (Å²) in [6, 6.07) is 5.67. The van der Waals surface area contributed by atoms with Gasteiger partial charge in [-0.3, -0.25) is 4.90 Å². The van der Waals surface area contributed by atoms with Crippen molar-refractivity contribution >= 4 is 6.03 Å². The lowest BCUT2D eigenvalue weighted by atomic mass is 10.2. The molecule has 1 fully saturated rings. The van der Waals surface area contributed by atoms with Gasteiger partial charge in [0.2, 0.25) is 0 Å². The quantitative estimate of drug-likeness (QED) is 0.757. The summed E-state index contributed by atoms with van der Waals surface area (Å²) in [6.07, 6.45) is 1.17. The van der Waals surface area contributed by atoms with E-state index in [1.165, 1.54) is 6.42 Å². The van der Waals surface area contributed by atoms with E-state index < -0.39 is 0 Å². The number of carbonyl (C=O) groups excluding carboxylic acids is 1. The minimum atomic E-state index is -0.00673. The van der Waals surface area contributed by atoms with Crippen molar-refractivity contribution in [2.45, 2.75) is 13.0 Å². The molecule has 2 amide bonds. The molecular formula is C19H32N4O3. The van der Waals surface area contributed by atoms with Gasteiger partial charge in [0.1, 0.15) is 0 Å². The highest BCUT2D eigenvalue weighted by atomic mass is 16.5. The zero-order valence-corrected chi connectivity index (χ0v) is 16.5. The van der Waals surface area contributed by atoms with Crippen molar-refractivity contribution in [1.82, 2.24) is 20.0 Å². The monoisotopic (exact) mass is 364 g/mol. The molecule has 26 heavy (non-hydrogen) atoms. The Balaban J connectivity index is 1.74. The standard InChI is InChI=1S/C19H32N4O3/c1-21(2)8-5-9-22-10-12-23(13-11-22)19(24)20-15-16-6-7-17(25-3)18(14-16)26-4/h6-7,14H,5,8-13,15H2,1-4H3,(H,20,24). The fourth-order valence-electron chi connectivity index (χ4n) is 3.07. The van der Waals surface area contributed by atoms with E-state index in [4.69, 9.17) is 9.47 Å². The van der Waals surface area contributed by atoms with Gasteiger partial charge in [-0.15, -0.1) is 0 Å². The fraction of sp³-hybridized carbons (Fsp3) is 0.632. The highest BCUT2D eigenvalue weighted by Gasteiger charge is 2.20. The topological polar surface area (TPSA) is 57.3 Å². The number of rotatable bonds is 8. The molecule has 0 atom stereocenters. The molecule has 7 nitrogen and oxygen atoms in total. The Bertz CT molecular complexity index is 572. The molecule has 0 saturated carbocycles. The lowest BCUT2D eigenvalue weighted by molar-refractivity contribution is 0.136. The first-order valence-electron chi connectivity index (χ1n) is 9.14. The van der Waals surface area contributed by atoms with E-state index in [0.717, 1.165) is 44.8 Å². The summed E-state index contributed by atoms with van der Waals surface area (Å²) in [5, 5.41) is 3.00. The first-order chi connectivity index (χ1) is 12.5. The van der Waals surface area contributed by atoms with Crippen molar-refractivity contribution in [1.29, 1.82) is 0 Å². The van der Waals surface area contributed by atoms with Crippen molar-refractivity contribution in [3.63, 3.8) is 0 Å². The SMILES string of the molecule is COc1ccc(CNC(=O)N2CCN(CCCN(C)C)CC2)cc1OC. The highest BCUT2D eigenvalue weighted by Crippen LogP contribution is 2.27. The number of carbonyl (C=O) groups is 1. The predicted octanol–water partition coefficient (Wildman–Crippen LogP) is 1.48. The summed E-state index contributed by atoms with van der Waals surface area (Å²) in [7, 11) is 7.42. The summed E-state index contributed by atoms with van der Waals surface area (Å²) in [5.41, 5.74) is 0.985. The van der Waals surface area contributed by atoms with Gasteiger partial charge in [-0.2, -0.15) is 0 Å². The smallest absolute Gasteiger partial charge is 0.317 e. The van der Waals surface area contributed by atoms with Crippen molar-refractivity contribution in [2.75, 3.05) is 67.6 Å². The molecule has 0 bridgehead atoms. The van der Waals surface area contributed by atoms with Crippen molar-refractivity contribution in [3.05, 3.63) is 23.8 Å². The number of methoxy groups -OCH3 is 2. The van der Waals surface area contributed by atoms with Gasteiger partial charge >= 0.3 is 6.03 Å². The number of amides is 2. The van der Waals surface area contributed by atoms with Crippen LogP contribution in [0.1, 0.15) is 12.0 Å². The number of hydrogen-bond acceptors (Lipinski definition) is 5. The molecule has 1 aromatic rings. The number of piperazine rings is 1. The molecular weight excluding hydrogens is 332 g/mol. The predicted molar refractivity (Wildman–Crippen MR) is 103 cm³/mol. The van der Waals surface area contributed by atoms with Gasteiger partial charge in [-0.25, -0.2) is 4.79 Å². The van der Waals surface area contributed by atoms with Crippen LogP contribution in [0.15, 0.2) is 18.2 Å². The van der Waals surface area contributed by atoms with Crippen LogP contribution in [-0.4, -0.2) is 88.3 Å². The fourth-order valence-corrected chi connectivity index (χ4v) is 3.07. The summed E-state index contributed by atoms with van der Waals surface area (Å²) >= 11 is 0. The van der Waals surface area contributed by atoms with Crippen LogP contribution in [0, 0.1) is 0 Å². The zero-order valence-electron chi connectivity index (χ0n) is 16.5. The van der Waals surface area contributed by atoms with Crippen LogP contribution < -0.4 is 14.8 Å². The van der Waals surface area contributed by atoms with E-state index in [2.05, 4.69) is 29.2 Å². The maximum atomic E-state index is 12.4. The molecule has 1 heterocycles. The van der Waals surface area contributed by atoms with Crippen LogP contribution in [0.5, 0.6) is 11.5 Å². The maximum Gasteiger partial charge on any atom is 0.317 e. The van der Waals surface area contributed by atoms with Gasteiger partial charge in [0.25, 0.3) is 0 Å². The average molecular weight is 364 g/mol. The highest BCUT2D eigenvalue weighted by molar-refractivity contribution is 5.74. The van der Waals surface area contributed by atoms with Crippen LogP contribution >= 0.6 is 0 Å². The van der Waals surface area contributed by atoms with Gasteiger partial charge in [0.15, 0.2) is 11.5 Å². The van der Waals surface area contributed by atoms with Gasteiger partial charge in [0, 0.05) is 32.7 Å². The van der Waals surface area contributed by atoms with Gasteiger partial charge in [-0.1, -0.05) is 6.07 Å². The molecule has 0 aliphatic carbocycles. The van der Waals surface area contributed by atoms with E-state index in [-0.39, 0.29) is 6.03 Å². The number of hydrogen-bond donors (Lipinski definition) is 1. The van der Waals surface area contributed by atoms with Crippen LogP contribution in [0.3, 0.4) is 0 Å². The third kappa shape index (κ3) is 6.07. The Kier molecular flexibility index (Phi) is 8.00. The summed E-state index contributed by atoms with van der Waals surface area (Å²) in [6.45, 7) is 6.11. The molecule has 1 aliphatic heterocycles. The number of ether oxygens (including phenoxy) is 2. The van der Waals surface area contributed by atoms with E-state index in [1.54, 1.807) is 14.2 Å². The van der Waals surface area contributed by atoms with Crippen LogP contribution in [-0.2, 0) is 6.54 Å². The zero-order chi connectivity index (χ0) is 18.9. The van der Waals surface area contributed by atoms with Crippen LogP contribution in [0.2, 0.25) is 0 Å². The summed E-state index contributed by atoms with van der Waals surface area (Å²) in [4.78, 5) is 18.9. The minimum Gasteiger partial charge on any atom is -0.493 e. The molecule has 1 saturated heterocycles. The van der Waals surface area contributed by atoms with Crippen LogP contribution in [0.4, 0.5) is 4.79 Å². The second-order valence-corrected chi connectivity index (χ2v) is 6.83. The van der Waals surface area contributed by atoms with Crippen molar-refractivity contribution < 1.29 is 14.3 Å². The Morgan fingerprint density at radius 3 is 2.42 bits per heavy atom. The average Bonchev–Trinajstić information content (AvgIpc) is 2.66. The van der Waals surface area contributed by atoms with Crippen molar-refractivity contribution in [2.24, 2.45) is 0 Å². The molecule has 1 aromatic carbocycles.